The lowest BCUT2D eigenvalue weighted by Gasteiger charge is -2.13. The minimum atomic E-state index is -0.380. The van der Waals surface area contributed by atoms with Crippen LogP contribution in [0.2, 0.25) is 0 Å². The van der Waals surface area contributed by atoms with Crippen LogP contribution < -0.4 is 9.47 Å². The summed E-state index contributed by atoms with van der Waals surface area (Å²) in [7, 11) is 0. The van der Waals surface area contributed by atoms with E-state index in [0.717, 1.165) is 88.5 Å². The highest BCUT2D eigenvalue weighted by Crippen LogP contribution is 2.20. The van der Waals surface area contributed by atoms with E-state index in [1.165, 1.54) is 0 Å². The van der Waals surface area contributed by atoms with E-state index in [1.807, 2.05) is 52.0 Å². The van der Waals surface area contributed by atoms with Crippen LogP contribution in [0.4, 0.5) is 0 Å². The van der Waals surface area contributed by atoms with Crippen molar-refractivity contribution in [3.05, 3.63) is 24.3 Å². The summed E-state index contributed by atoms with van der Waals surface area (Å²) in [5.41, 5.74) is 0. The summed E-state index contributed by atoms with van der Waals surface area (Å²) in [6, 6.07) is 7.84. The standard InChI is InChI=1S/C36H58O6/c1-5-33(37)31(34(38)6-2)21-17-13-9-11-15-19-27-41-29-23-25-30(26-24-29)42-28-20-16-12-10-14-18-22-32(35(39)7-3)36(40)8-4/h23-26,31-32H,5-22,27-28H2,1-4H3. The molecule has 0 fully saturated rings. The third-order valence-corrected chi connectivity index (χ3v) is 8.08. The molecule has 6 heteroatoms. The van der Waals surface area contributed by atoms with Crippen molar-refractivity contribution < 1.29 is 28.7 Å². The Kier molecular flexibility index (Phi) is 21.4. The van der Waals surface area contributed by atoms with Crippen molar-refractivity contribution in [1.29, 1.82) is 0 Å². The van der Waals surface area contributed by atoms with E-state index >= 15 is 0 Å². The topological polar surface area (TPSA) is 86.7 Å². The Labute approximate surface area is 255 Å². The Bertz CT molecular complexity index is 786. The first-order chi connectivity index (χ1) is 20.4. The molecule has 0 atom stereocenters. The molecule has 6 nitrogen and oxygen atoms in total. The number of hydrogen-bond acceptors (Lipinski definition) is 6. The number of ether oxygens (including phenoxy) is 2. The van der Waals surface area contributed by atoms with Gasteiger partial charge in [0.1, 0.15) is 34.6 Å². The molecular formula is C36H58O6. The molecule has 238 valence electrons. The van der Waals surface area contributed by atoms with E-state index in [1.54, 1.807) is 0 Å². The van der Waals surface area contributed by atoms with Crippen molar-refractivity contribution in [2.24, 2.45) is 11.8 Å². The van der Waals surface area contributed by atoms with Gasteiger partial charge >= 0.3 is 0 Å². The summed E-state index contributed by atoms with van der Waals surface area (Å²) >= 11 is 0. The molecule has 0 amide bonds. The van der Waals surface area contributed by atoms with Gasteiger partial charge in [-0.25, -0.2) is 0 Å². The van der Waals surface area contributed by atoms with Crippen LogP contribution in [0.5, 0.6) is 11.5 Å². The lowest BCUT2D eigenvalue weighted by molar-refractivity contribution is -0.134. The van der Waals surface area contributed by atoms with Gasteiger partial charge in [-0.1, -0.05) is 91.9 Å². The second-order valence-corrected chi connectivity index (χ2v) is 11.4. The summed E-state index contributed by atoms with van der Waals surface area (Å²) in [6.45, 7) is 8.75. The number of unbranched alkanes of at least 4 members (excludes halogenated alkanes) is 10. The predicted octanol–water partition coefficient (Wildman–Crippen LogP) is 9.05. The monoisotopic (exact) mass is 586 g/mol. The number of carbonyl (C=O) groups excluding carboxylic acids is 4. The van der Waals surface area contributed by atoms with Crippen LogP contribution in [-0.2, 0) is 19.2 Å². The first-order valence-corrected chi connectivity index (χ1v) is 16.8. The van der Waals surface area contributed by atoms with Gasteiger partial charge < -0.3 is 9.47 Å². The molecule has 1 rings (SSSR count). The molecule has 0 aliphatic carbocycles. The van der Waals surface area contributed by atoms with E-state index in [9.17, 15) is 19.2 Å². The zero-order chi connectivity index (χ0) is 31.0. The highest BCUT2D eigenvalue weighted by molar-refractivity contribution is 6.02. The van der Waals surface area contributed by atoms with Gasteiger partial charge in [0.05, 0.1) is 25.0 Å². The zero-order valence-corrected chi connectivity index (χ0v) is 27.1. The van der Waals surface area contributed by atoms with Gasteiger partial charge in [-0.3, -0.25) is 19.2 Å². The molecule has 42 heavy (non-hydrogen) atoms. The largest absolute Gasteiger partial charge is 0.494 e. The van der Waals surface area contributed by atoms with Gasteiger partial charge in [0.15, 0.2) is 0 Å². The molecule has 1 aromatic rings. The molecule has 0 radical (unpaired) electrons. The van der Waals surface area contributed by atoms with Crippen LogP contribution in [0.25, 0.3) is 0 Å². The van der Waals surface area contributed by atoms with Crippen molar-refractivity contribution in [3.8, 4) is 11.5 Å². The minimum Gasteiger partial charge on any atom is -0.494 e. The van der Waals surface area contributed by atoms with Crippen molar-refractivity contribution >= 4 is 23.1 Å². The molecule has 0 aromatic heterocycles. The van der Waals surface area contributed by atoms with Crippen LogP contribution in [0.1, 0.15) is 143 Å². The maximum absolute atomic E-state index is 12.0. The van der Waals surface area contributed by atoms with E-state index in [-0.39, 0.29) is 35.0 Å². The number of carbonyl (C=O) groups is 4. The van der Waals surface area contributed by atoms with E-state index in [2.05, 4.69) is 0 Å². The van der Waals surface area contributed by atoms with Gasteiger partial charge in [0, 0.05) is 25.7 Å². The highest BCUT2D eigenvalue weighted by atomic mass is 16.5. The Morgan fingerprint density at radius 3 is 1.00 bits per heavy atom. The number of rotatable bonds is 28. The normalized spacial score (nSPS) is 11.2. The first kappa shape index (κ1) is 37.5. The van der Waals surface area contributed by atoms with Crippen LogP contribution in [0, 0.1) is 11.8 Å². The van der Waals surface area contributed by atoms with Gasteiger partial charge in [-0.15, -0.1) is 0 Å². The Morgan fingerprint density at radius 2 is 0.714 bits per heavy atom. The smallest absolute Gasteiger partial charge is 0.143 e. The molecule has 0 saturated heterocycles. The molecular weight excluding hydrogens is 528 g/mol. The maximum Gasteiger partial charge on any atom is 0.143 e. The maximum atomic E-state index is 12.0. The van der Waals surface area contributed by atoms with Crippen molar-refractivity contribution in [2.45, 2.75) is 143 Å². The van der Waals surface area contributed by atoms with Gasteiger partial charge in [0.2, 0.25) is 0 Å². The zero-order valence-electron chi connectivity index (χ0n) is 27.1. The lowest BCUT2D eigenvalue weighted by Crippen LogP contribution is -2.22. The van der Waals surface area contributed by atoms with Gasteiger partial charge in [-0.05, 0) is 49.9 Å². The summed E-state index contributed by atoms with van der Waals surface area (Å²) in [6.07, 6.45) is 16.0. The van der Waals surface area contributed by atoms with Crippen molar-refractivity contribution in [1.82, 2.24) is 0 Å². The number of ketones is 4. The van der Waals surface area contributed by atoms with Crippen LogP contribution >= 0.6 is 0 Å². The number of benzene rings is 1. The van der Waals surface area contributed by atoms with E-state index in [4.69, 9.17) is 9.47 Å². The SMILES string of the molecule is CCC(=O)C(CCCCCCCCOc1ccc(OCCCCCCCCC(C(=O)CC)C(=O)CC)cc1)C(=O)CC. The molecule has 0 bridgehead atoms. The van der Waals surface area contributed by atoms with Crippen LogP contribution in [-0.4, -0.2) is 36.3 Å². The minimum absolute atomic E-state index is 0.0942. The second kappa shape index (κ2) is 24.0. The molecule has 0 heterocycles. The van der Waals surface area contributed by atoms with Crippen molar-refractivity contribution in [3.63, 3.8) is 0 Å². The Balaban J connectivity index is 2.05. The summed E-state index contributed by atoms with van der Waals surface area (Å²) < 4.78 is 11.7. The quantitative estimate of drug-likeness (QED) is 0.0719. The third kappa shape index (κ3) is 16.2. The van der Waals surface area contributed by atoms with Gasteiger partial charge in [0.25, 0.3) is 0 Å². The average molecular weight is 587 g/mol. The second-order valence-electron chi connectivity index (χ2n) is 11.4. The fourth-order valence-corrected chi connectivity index (χ4v) is 5.32. The van der Waals surface area contributed by atoms with E-state index in [0.29, 0.717) is 51.7 Å². The molecule has 0 aliphatic rings. The molecule has 1 aromatic carbocycles. The number of hydrogen-bond donors (Lipinski definition) is 0. The van der Waals surface area contributed by atoms with Gasteiger partial charge in [-0.2, -0.15) is 0 Å². The summed E-state index contributed by atoms with van der Waals surface area (Å²) in [5, 5.41) is 0. The number of Topliss-reactive ketones (excluding diaryl/α,β-unsaturated/α-hetero) is 4. The fraction of sp³-hybridized carbons (Fsp3) is 0.722. The molecule has 0 aliphatic heterocycles. The van der Waals surface area contributed by atoms with Crippen LogP contribution in [0.3, 0.4) is 0 Å². The fourth-order valence-electron chi connectivity index (χ4n) is 5.32. The molecule has 0 spiro atoms. The Morgan fingerprint density at radius 1 is 0.452 bits per heavy atom. The van der Waals surface area contributed by atoms with E-state index < -0.39 is 0 Å². The first-order valence-electron chi connectivity index (χ1n) is 16.8. The third-order valence-electron chi connectivity index (χ3n) is 8.08. The van der Waals surface area contributed by atoms with Crippen LogP contribution in [0.15, 0.2) is 24.3 Å². The molecule has 0 saturated carbocycles. The highest BCUT2D eigenvalue weighted by Gasteiger charge is 2.23. The average Bonchev–Trinajstić information content (AvgIpc) is 3.02. The molecule has 0 unspecified atom stereocenters. The Hall–Kier alpha value is -2.50. The summed E-state index contributed by atoms with van der Waals surface area (Å²) in [5.74, 6) is 1.34. The molecule has 0 N–H and O–H groups in total. The lowest BCUT2D eigenvalue weighted by atomic mass is 9.90. The van der Waals surface area contributed by atoms with Crippen molar-refractivity contribution in [2.75, 3.05) is 13.2 Å². The predicted molar refractivity (Wildman–Crippen MR) is 170 cm³/mol. The summed E-state index contributed by atoms with van der Waals surface area (Å²) in [4.78, 5) is 48.0.